The number of nitrogens with one attached hydrogen (secondary N) is 1. The topological polar surface area (TPSA) is 66.5 Å². The normalized spacial score (nSPS) is 21.4. The number of anilines is 2. The molecule has 4 rings (SSSR count). The largest absolute Gasteiger partial charge is 0.322 e. The Kier molecular flexibility index (Phi) is 5.05. The van der Waals surface area contributed by atoms with Gasteiger partial charge in [0.15, 0.2) is 0 Å². The summed E-state index contributed by atoms with van der Waals surface area (Å²) in [7, 11) is 0. The van der Waals surface area contributed by atoms with Gasteiger partial charge < -0.3 is 5.32 Å². The molecule has 3 amide bonds. The van der Waals surface area contributed by atoms with Crippen molar-refractivity contribution in [3.05, 3.63) is 69.3 Å². The van der Waals surface area contributed by atoms with Crippen molar-refractivity contribution in [1.29, 1.82) is 0 Å². The van der Waals surface area contributed by atoms with E-state index in [9.17, 15) is 14.4 Å². The highest BCUT2D eigenvalue weighted by Crippen LogP contribution is 2.39. The Morgan fingerprint density at radius 3 is 2.32 bits per heavy atom. The van der Waals surface area contributed by atoms with Crippen LogP contribution < -0.4 is 10.2 Å². The van der Waals surface area contributed by atoms with Gasteiger partial charge in [0, 0.05) is 14.8 Å². The van der Waals surface area contributed by atoms with Crippen molar-refractivity contribution >= 4 is 51.7 Å². The van der Waals surface area contributed by atoms with Crippen molar-refractivity contribution in [3.8, 4) is 0 Å². The highest BCUT2D eigenvalue weighted by Gasteiger charge is 2.48. The van der Waals surface area contributed by atoms with E-state index in [0.717, 1.165) is 9.14 Å². The van der Waals surface area contributed by atoms with Gasteiger partial charge in [-0.3, -0.25) is 19.3 Å². The van der Waals surface area contributed by atoms with E-state index in [0.29, 0.717) is 29.8 Å². The third-order valence-electron chi connectivity index (χ3n) is 5.31. The summed E-state index contributed by atoms with van der Waals surface area (Å²) in [5, 5.41) is 2.84. The molecule has 2 aromatic carbocycles. The molecule has 1 fully saturated rings. The molecular weight excluding hydrogens is 467 g/mol. The number of carbonyl (C=O) groups is 3. The van der Waals surface area contributed by atoms with Gasteiger partial charge in [0.25, 0.3) is 5.91 Å². The van der Waals surface area contributed by atoms with Gasteiger partial charge in [-0.1, -0.05) is 11.6 Å². The number of halogens is 1. The maximum atomic E-state index is 12.8. The quantitative estimate of drug-likeness (QED) is 0.398. The zero-order valence-corrected chi connectivity index (χ0v) is 17.5. The van der Waals surface area contributed by atoms with Crippen LogP contribution in [0.15, 0.2) is 60.2 Å². The monoisotopic (exact) mass is 486 g/mol. The molecule has 5 nitrogen and oxygen atoms in total. The molecule has 0 saturated carbocycles. The van der Waals surface area contributed by atoms with E-state index >= 15 is 0 Å². The van der Waals surface area contributed by atoms with Crippen LogP contribution in [0.1, 0.15) is 30.1 Å². The number of benzene rings is 2. The van der Waals surface area contributed by atoms with E-state index in [4.69, 9.17) is 0 Å². The van der Waals surface area contributed by atoms with Crippen LogP contribution in [0.3, 0.4) is 0 Å². The summed E-state index contributed by atoms with van der Waals surface area (Å²) < 4.78 is 1.09. The van der Waals surface area contributed by atoms with Crippen molar-refractivity contribution in [2.45, 2.75) is 19.8 Å². The number of imide groups is 1. The van der Waals surface area contributed by atoms with Gasteiger partial charge in [-0.25, -0.2) is 0 Å². The number of nitrogens with zero attached hydrogens (tertiary/aromatic N) is 1. The molecule has 0 bridgehead atoms. The average molecular weight is 486 g/mol. The standard InChI is InChI=1S/C22H19IN2O3/c1-13-2-11-18-19(12-13)22(28)25(21(18)27)17-9-3-14(4-10-17)20(26)24-16-7-5-15(23)6-8-16/h2-10,18-19H,11-12H2,1H3,(H,24,26)/t18-,19+/m1/s1. The first-order chi connectivity index (χ1) is 13.4. The number of amides is 3. The second-order valence-electron chi connectivity index (χ2n) is 7.22. The van der Waals surface area contributed by atoms with Crippen LogP contribution in [0.5, 0.6) is 0 Å². The first kappa shape index (κ1) is 18.9. The molecule has 1 aliphatic heterocycles. The zero-order chi connectivity index (χ0) is 19.8. The maximum absolute atomic E-state index is 12.8. The number of allylic oxidation sites excluding steroid dienone is 2. The summed E-state index contributed by atoms with van der Waals surface area (Å²) in [6, 6.07) is 14.1. The van der Waals surface area contributed by atoms with Crippen molar-refractivity contribution in [1.82, 2.24) is 0 Å². The average Bonchev–Trinajstić information content (AvgIpc) is 2.93. The first-order valence-corrected chi connectivity index (χ1v) is 10.2. The molecule has 0 radical (unpaired) electrons. The van der Waals surface area contributed by atoms with Crippen LogP contribution in [-0.2, 0) is 9.59 Å². The lowest BCUT2D eigenvalue weighted by molar-refractivity contribution is -0.122. The number of carbonyl (C=O) groups excluding carboxylic acids is 3. The number of fused-ring (bicyclic) bond motifs is 1. The van der Waals surface area contributed by atoms with Gasteiger partial charge in [0.1, 0.15) is 0 Å². The minimum absolute atomic E-state index is 0.140. The van der Waals surface area contributed by atoms with E-state index < -0.39 is 0 Å². The van der Waals surface area contributed by atoms with Crippen molar-refractivity contribution < 1.29 is 14.4 Å². The second-order valence-corrected chi connectivity index (χ2v) is 8.47. The molecule has 1 aliphatic carbocycles. The van der Waals surface area contributed by atoms with Crippen LogP contribution in [0.25, 0.3) is 0 Å². The van der Waals surface area contributed by atoms with Crippen LogP contribution >= 0.6 is 22.6 Å². The van der Waals surface area contributed by atoms with Gasteiger partial charge >= 0.3 is 0 Å². The molecule has 142 valence electrons. The molecule has 2 aromatic rings. The fourth-order valence-corrected chi connectivity index (χ4v) is 4.15. The predicted octanol–water partition coefficient (Wildman–Crippen LogP) is 4.39. The van der Waals surface area contributed by atoms with Gasteiger partial charge in [-0.15, -0.1) is 0 Å². The van der Waals surface area contributed by atoms with E-state index in [1.807, 2.05) is 37.3 Å². The molecule has 0 unspecified atom stereocenters. The molecule has 6 heteroatoms. The Bertz CT molecular complexity index is 980. The highest BCUT2D eigenvalue weighted by atomic mass is 127. The SMILES string of the molecule is CC1=CC[C@H]2C(=O)N(c3ccc(C(=O)Nc4ccc(I)cc4)cc3)C(=O)[C@H]2C1. The van der Waals surface area contributed by atoms with Gasteiger partial charge in [-0.05, 0) is 90.9 Å². The summed E-state index contributed by atoms with van der Waals surface area (Å²) in [6.45, 7) is 2.00. The van der Waals surface area contributed by atoms with Crippen LogP contribution in [-0.4, -0.2) is 17.7 Å². The number of hydrogen-bond donors (Lipinski definition) is 1. The molecule has 1 N–H and O–H groups in total. The summed E-state index contributed by atoms with van der Waals surface area (Å²) >= 11 is 2.20. The van der Waals surface area contributed by atoms with E-state index in [-0.39, 0.29) is 29.6 Å². The minimum atomic E-state index is -0.264. The van der Waals surface area contributed by atoms with Crippen molar-refractivity contribution in [2.75, 3.05) is 10.2 Å². The summed E-state index contributed by atoms with van der Waals surface area (Å²) in [4.78, 5) is 39.2. The minimum Gasteiger partial charge on any atom is -0.322 e. The smallest absolute Gasteiger partial charge is 0.255 e. The van der Waals surface area contributed by atoms with Gasteiger partial charge in [0.2, 0.25) is 11.8 Å². The zero-order valence-electron chi connectivity index (χ0n) is 15.3. The van der Waals surface area contributed by atoms with Crippen LogP contribution in [0, 0.1) is 15.4 Å². The summed E-state index contributed by atoms with van der Waals surface area (Å²) in [6.07, 6.45) is 3.31. The lowest BCUT2D eigenvalue weighted by Crippen LogP contribution is -2.30. The Hall–Kier alpha value is -2.48. The molecule has 1 heterocycles. The lowest BCUT2D eigenvalue weighted by atomic mass is 9.82. The van der Waals surface area contributed by atoms with Gasteiger partial charge in [-0.2, -0.15) is 0 Å². The third kappa shape index (κ3) is 3.48. The fourth-order valence-electron chi connectivity index (χ4n) is 3.79. The molecular formula is C22H19IN2O3. The van der Waals surface area contributed by atoms with Crippen molar-refractivity contribution in [2.24, 2.45) is 11.8 Å². The summed E-state index contributed by atoms with van der Waals surface area (Å²) in [5.41, 5.74) is 2.86. The predicted molar refractivity (Wildman–Crippen MR) is 116 cm³/mol. The highest BCUT2D eigenvalue weighted by molar-refractivity contribution is 14.1. The molecule has 0 aromatic heterocycles. The van der Waals surface area contributed by atoms with Crippen LogP contribution in [0.2, 0.25) is 0 Å². The molecule has 28 heavy (non-hydrogen) atoms. The fraction of sp³-hybridized carbons (Fsp3) is 0.227. The molecule has 0 spiro atoms. The molecule has 1 saturated heterocycles. The van der Waals surface area contributed by atoms with E-state index in [1.165, 1.54) is 4.90 Å². The Morgan fingerprint density at radius 1 is 1.00 bits per heavy atom. The Labute approximate surface area is 176 Å². The first-order valence-electron chi connectivity index (χ1n) is 9.14. The Balaban J connectivity index is 1.50. The molecule has 2 atom stereocenters. The van der Waals surface area contributed by atoms with Crippen LogP contribution in [0.4, 0.5) is 11.4 Å². The van der Waals surface area contributed by atoms with E-state index in [2.05, 4.69) is 27.9 Å². The maximum Gasteiger partial charge on any atom is 0.255 e. The van der Waals surface area contributed by atoms with Gasteiger partial charge in [0.05, 0.1) is 17.5 Å². The summed E-state index contributed by atoms with van der Waals surface area (Å²) in [5.74, 6) is -1.05. The Morgan fingerprint density at radius 2 is 1.64 bits per heavy atom. The lowest BCUT2D eigenvalue weighted by Gasteiger charge is -2.18. The molecule has 2 aliphatic rings. The third-order valence-corrected chi connectivity index (χ3v) is 6.03. The van der Waals surface area contributed by atoms with E-state index in [1.54, 1.807) is 24.3 Å². The number of hydrogen-bond acceptors (Lipinski definition) is 3. The second kappa shape index (κ2) is 7.50. The number of rotatable bonds is 3. The van der Waals surface area contributed by atoms with Crippen molar-refractivity contribution in [3.63, 3.8) is 0 Å².